The summed E-state index contributed by atoms with van der Waals surface area (Å²) in [6, 6.07) is 24.1. The molecule has 0 bridgehead atoms. The lowest BCUT2D eigenvalue weighted by molar-refractivity contribution is 0.596. The predicted octanol–water partition coefficient (Wildman–Crippen LogP) is 8.69. The lowest BCUT2D eigenvalue weighted by Gasteiger charge is -2.22. The molecule has 0 spiro atoms. The van der Waals surface area contributed by atoms with Crippen molar-refractivity contribution in [3.63, 3.8) is 0 Å². The van der Waals surface area contributed by atoms with Crippen LogP contribution in [0.4, 0.5) is 0 Å². The summed E-state index contributed by atoms with van der Waals surface area (Å²) in [4.78, 5) is 12.0. The van der Waals surface area contributed by atoms with Gasteiger partial charge in [0.2, 0.25) is 0 Å². The quantitative estimate of drug-likeness (QED) is 0.264. The monoisotopic (exact) mass is 450 g/mol. The molecule has 32 heavy (non-hydrogen) atoms. The summed E-state index contributed by atoms with van der Waals surface area (Å²) < 4.78 is 1.24. The first-order chi connectivity index (χ1) is 15.5. The zero-order chi connectivity index (χ0) is 21.9. The molecule has 0 unspecified atom stereocenters. The summed E-state index contributed by atoms with van der Waals surface area (Å²) in [5.41, 5.74) is 4.64. The Labute approximate surface area is 195 Å². The third kappa shape index (κ3) is 3.22. The standard InChI is InChI=1S/C28H22N2S2/c1-28(2,3)22-15-19(14-18-6-4-5-7-20(18)22)26-21-16-25(32-24(21)10-12-29-26)23-9-8-17-11-13-31-27(17)30-23/h4-16H,1-3H3. The Morgan fingerprint density at radius 3 is 2.56 bits per heavy atom. The molecule has 4 heteroatoms. The Morgan fingerprint density at radius 1 is 0.812 bits per heavy atom. The van der Waals surface area contributed by atoms with Crippen molar-refractivity contribution >= 4 is 53.7 Å². The van der Waals surface area contributed by atoms with E-state index in [1.165, 1.54) is 42.2 Å². The van der Waals surface area contributed by atoms with E-state index in [-0.39, 0.29) is 5.41 Å². The average molecular weight is 451 g/mol. The Hall–Kier alpha value is -3.08. The number of fused-ring (bicyclic) bond motifs is 3. The number of rotatable bonds is 2. The van der Waals surface area contributed by atoms with Crippen LogP contribution in [0, 0.1) is 0 Å². The van der Waals surface area contributed by atoms with E-state index >= 15 is 0 Å². The van der Waals surface area contributed by atoms with Crippen molar-refractivity contribution < 1.29 is 0 Å². The van der Waals surface area contributed by atoms with E-state index in [0.717, 1.165) is 16.2 Å². The van der Waals surface area contributed by atoms with Gasteiger partial charge in [-0.2, -0.15) is 0 Å². The zero-order valence-corrected chi connectivity index (χ0v) is 19.8. The zero-order valence-electron chi connectivity index (χ0n) is 18.2. The molecule has 6 aromatic rings. The predicted molar refractivity (Wildman–Crippen MR) is 140 cm³/mol. The summed E-state index contributed by atoms with van der Waals surface area (Å²) in [6.07, 6.45) is 1.93. The first-order valence-electron chi connectivity index (χ1n) is 10.7. The van der Waals surface area contributed by atoms with E-state index in [2.05, 4.69) is 92.9 Å². The minimum atomic E-state index is 0.0450. The molecule has 4 aromatic heterocycles. The smallest absolute Gasteiger partial charge is 0.123 e. The van der Waals surface area contributed by atoms with E-state index in [4.69, 9.17) is 9.97 Å². The van der Waals surface area contributed by atoms with Crippen LogP contribution in [0.25, 0.3) is 52.9 Å². The molecule has 0 atom stereocenters. The molecule has 6 rings (SSSR count). The van der Waals surface area contributed by atoms with Crippen molar-refractivity contribution in [1.29, 1.82) is 0 Å². The SMILES string of the molecule is CC(C)(C)c1cc(-c2nccc3sc(-c4ccc5ccsc5n4)cc23)cc2ccccc12. The molecule has 0 radical (unpaired) electrons. The van der Waals surface area contributed by atoms with Crippen LogP contribution in [0.3, 0.4) is 0 Å². The maximum absolute atomic E-state index is 4.90. The van der Waals surface area contributed by atoms with Gasteiger partial charge in [-0.25, -0.2) is 4.98 Å². The third-order valence-electron chi connectivity index (χ3n) is 5.96. The van der Waals surface area contributed by atoms with Gasteiger partial charge < -0.3 is 0 Å². The van der Waals surface area contributed by atoms with Gasteiger partial charge in [0.1, 0.15) is 4.83 Å². The lowest BCUT2D eigenvalue weighted by atomic mass is 9.82. The largest absolute Gasteiger partial charge is 0.256 e. The molecule has 156 valence electrons. The maximum atomic E-state index is 4.90. The molecule has 0 N–H and O–H groups in total. The van der Waals surface area contributed by atoms with Crippen molar-refractivity contribution in [1.82, 2.24) is 9.97 Å². The number of pyridine rings is 2. The normalized spacial score (nSPS) is 12.2. The van der Waals surface area contributed by atoms with Gasteiger partial charge in [0.25, 0.3) is 0 Å². The van der Waals surface area contributed by atoms with E-state index in [0.29, 0.717) is 0 Å². The van der Waals surface area contributed by atoms with Gasteiger partial charge >= 0.3 is 0 Å². The second kappa shape index (κ2) is 7.22. The highest BCUT2D eigenvalue weighted by Crippen LogP contribution is 2.40. The first-order valence-corrected chi connectivity index (χ1v) is 12.4. The lowest BCUT2D eigenvalue weighted by Crippen LogP contribution is -2.12. The van der Waals surface area contributed by atoms with Crippen molar-refractivity contribution in [3.8, 4) is 21.8 Å². The molecular formula is C28H22N2S2. The molecule has 0 aliphatic rings. The van der Waals surface area contributed by atoms with Crippen LogP contribution in [0.15, 0.2) is 78.3 Å². The number of aromatic nitrogens is 2. The van der Waals surface area contributed by atoms with E-state index in [1.807, 2.05) is 6.20 Å². The van der Waals surface area contributed by atoms with Crippen LogP contribution in [-0.4, -0.2) is 9.97 Å². The molecule has 0 saturated heterocycles. The number of hydrogen-bond donors (Lipinski definition) is 0. The summed E-state index contributed by atoms with van der Waals surface area (Å²) in [5, 5.41) is 7.06. The fraction of sp³-hybridized carbons (Fsp3) is 0.143. The highest BCUT2D eigenvalue weighted by Gasteiger charge is 2.20. The van der Waals surface area contributed by atoms with Gasteiger partial charge in [-0.05, 0) is 69.6 Å². The second-order valence-corrected chi connectivity index (χ2v) is 11.2. The van der Waals surface area contributed by atoms with E-state index in [9.17, 15) is 0 Å². The number of thiophene rings is 2. The van der Waals surface area contributed by atoms with Gasteiger partial charge in [-0.15, -0.1) is 22.7 Å². The number of benzene rings is 2. The molecule has 0 amide bonds. The number of hydrogen-bond acceptors (Lipinski definition) is 4. The molecule has 2 nitrogen and oxygen atoms in total. The molecule has 0 aliphatic carbocycles. The Balaban J connectivity index is 1.56. The van der Waals surface area contributed by atoms with Crippen molar-refractivity contribution in [2.75, 3.05) is 0 Å². The Morgan fingerprint density at radius 2 is 1.69 bits per heavy atom. The van der Waals surface area contributed by atoms with Crippen LogP contribution in [-0.2, 0) is 5.41 Å². The van der Waals surface area contributed by atoms with Gasteiger partial charge in [0, 0.05) is 27.2 Å². The number of nitrogens with zero attached hydrogens (tertiary/aromatic N) is 2. The van der Waals surface area contributed by atoms with Crippen LogP contribution >= 0.6 is 22.7 Å². The van der Waals surface area contributed by atoms with Crippen molar-refractivity contribution in [2.45, 2.75) is 26.2 Å². The minimum Gasteiger partial charge on any atom is -0.256 e. The molecular weight excluding hydrogens is 428 g/mol. The van der Waals surface area contributed by atoms with E-state index in [1.54, 1.807) is 22.7 Å². The summed E-state index contributed by atoms with van der Waals surface area (Å²) >= 11 is 3.48. The first kappa shape index (κ1) is 19.6. The fourth-order valence-electron chi connectivity index (χ4n) is 4.37. The topological polar surface area (TPSA) is 25.8 Å². The summed E-state index contributed by atoms with van der Waals surface area (Å²) in [5.74, 6) is 0. The van der Waals surface area contributed by atoms with Crippen LogP contribution in [0.2, 0.25) is 0 Å². The van der Waals surface area contributed by atoms with Crippen LogP contribution in [0.1, 0.15) is 26.3 Å². The van der Waals surface area contributed by atoms with Crippen LogP contribution < -0.4 is 0 Å². The second-order valence-electron chi connectivity index (χ2n) is 9.19. The molecule has 0 saturated carbocycles. The summed E-state index contributed by atoms with van der Waals surface area (Å²) in [7, 11) is 0. The maximum Gasteiger partial charge on any atom is 0.123 e. The summed E-state index contributed by atoms with van der Waals surface area (Å²) in [6.45, 7) is 6.84. The fourth-order valence-corrected chi connectivity index (χ4v) is 6.16. The van der Waals surface area contributed by atoms with Crippen molar-refractivity contribution in [2.24, 2.45) is 0 Å². The molecule has 0 fully saturated rings. The highest BCUT2D eigenvalue weighted by atomic mass is 32.1. The van der Waals surface area contributed by atoms with Gasteiger partial charge in [0.05, 0.1) is 16.3 Å². The van der Waals surface area contributed by atoms with Gasteiger partial charge in [-0.3, -0.25) is 4.98 Å². The Kier molecular flexibility index (Phi) is 4.42. The van der Waals surface area contributed by atoms with Gasteiger partial charge in [-0.1, -0.05) is 45.0 Å². The Bertz CT molecular complexity index is 1620. The molecule has 0 aliphatic heterocycles. The molecule has 2 aromatic carbocycles. The van der Waals surface area contributed by atoms with Crippen molar-refractivity contribution in [3.05, 3.63) is 83.9 Å². The average Bonchev–Trinajstić information content (AvgIpc) is 3.43. The van der Waals surface area contributed by atoms with E-state index < -0.39 is 0 Å². The highest BCUT2D eigenvalue weighted by molar-refractivity contribution is 7.22. The molecule has 4 heterocycles. The minimum absolute atomic E-state index is 0.0450. The van der Waals surface area contributed by atoms with Crippen LogP contribution in [0.5, 0.6) is 0 Å². The van der Waals surface area contributed by atoms with Gasteiger partial charge in [0.15, 0.2) is 0 Å². The third-order valence-corrected chi connectivity index (χ3v) is 7.90.